The number of aliphatic hydroxyl groups excluding tert-OH is 1. The fourth-order valence-corrected chi connectivity index (χ4v) is 7.22. The largest absolute Gasteiger partial charge is 0.481 e. The predicted molar refractivity (Wildman–Crippen MR) is 83.7 cm³/mol. The molecule has 4 bridgehead atoms. The Morgan fingerprint density at radius 3 is 2.92 bits per heavy atom. The summed E-state index contributed by atoms with van der Waals surface area (Å²) in [6.45, 7) is 5.95. The molecule has 1 aliphatic heterocycles. The third kappa shape index (κ3) is 1.28. The Bertz CT molecular complexity index is 725. The van der Waals surface area contributed by atoms with Gasteiger partial charge in [-0.15, -0.1) is 0 Å². The van der Waals surface area contributed by atoms with Crippen LogP contribution >= 0.6 is 0 Å². The van der Waals surface area contributed by atoms with Crippen molar-refractivity contribution in [1.82, 2.24) is 0 Å². The fraction of sp³-hybridized carbons (Fsp3) is 0.684. The van der Waals surface area contributed by atoms with E-state index in [1.54, 1.807) is 0 Å². The molecule has 128 valence electrons. The quantitative estimate of drug-likeness (QED) is 0.567. The number of rotatable bonds is 1. The van der Waals surface area contributed by atoms with Crippen LogP contribution < -0.4 is 0 Å². The smallest absolute Gasteiger partial charge is 0.316 e. The van der Waals surface area contributed by atoms with E-state index in [0.29, 0.717) is 25.7 Å². The number of hydrogen-bond donors (Lipinski definition) is 2. The molecule has 0 radical (unpaired) electrons. The summed E-state index contributed by atoms with van der Waals surface area (Å²) in [5.41, 5.74) is -1.13. The molecular formula is C19H22O5. The Balaban J connectivity index is 1.77. The highest BCUT2D eigenvalue weighted by Crippen LogP contribution is 2.76. The Kier molecular flexibility index (Phi) is 2.42. The average molecular weight is 330 g/mol. The van der Waals surface area contributed by atoms with E-state index in [1.807, 2.05) is 19.1 Å². The average Bonchev–Trinajstić information content (AvgIpc) is 2.96. The molecule has 0 amide bonds. The van der Waals surface area contributed by atoms with Crippen molar-refractivity contribution in [1.29, 1.82) is 0 Å². The summed E-state index contributed by atoms with van der Waals surface area (Å²) in [5, 5.41) is 20.7. The highest BCUT2D eigenvalue weighted by atomic mass is 16.6. The maximum atomic E-state index is 12.6. The van der Waals surface area contributed by atoms with Gasteiger partial charge in [-0.05, 0) is 31.6 Å². The summed E-state index contributed by atoms with van der Waals surface area (Å²) in [4.78, 5) is 25.0. The lowest BCUT2D eigenvalue weighted by atomic mass is 9.62. The van der Waals surface area contributed by atoms with Gasteiger partial charge in [0.05, 0.1) is 17.4 Å². The first-order valence-electron chi connectivity index (χ1n) is 8.76. The van der Waals surface area contributed by atoms with Gasteiger partial charge in [-0.25, -0.2) is 0 Å². The molecule has 0 aromatic carbocycles. The molecule has 5 aliphatic rings. The molecule has 1 saturated heterocycles. The van der Waals surface area contributed by atoms with Gasteiger partial charge in [0.2, 0.25) is 0 Å². The van der Waals surface area contributed by atoms with Crippen molar-refractivity contribution in [2.75, 3.05) is 0 Å². The number of aliphatic carboxylic acids is 1. The van der Waals surface area contributed by atoms with Crippen molar-refractivity contribution >= 4 is 11.9 Å². The van der Waals surface area contributed by atoms with Crippen LogP contribution in [0.4, 0.5) is 0 Å². The zero-order valence-electron chi connectivity index (χ0n) is 13.7. The van der Waals surface area contributed by atoms with Crippen LogP contribution in [0.15, 0.2) is 24.3 Å². The lowest BCUT2D eigenvalue weighted by molar-refractivity contribution is -0.162. The van der Waals surface area contributed by atoms with Crippen LogP contribution in [-0.4, -0.2) is 33.9 Å². The van der Waals surface area contributed by atoms with Gasteiger partial charge in [-0.3, -0.25) is 9.59 Å². The molecule has 4 fully saturated rings. The molecule has 0 aromatic heterocycles. The molecule has 4 aliphatic carbocycles. The third-order valence-corrected chi connectivity index (χ3v) is 7.92. The second kappa shape index (κ2) is 3.96. The number of esters is 1. The predicted octanol–water partition coefficient (Wildman–Crippen LogP) is 1.91. The van der Waals surface area contributed by atoms with Crippen molar-refractivity contribution in [2.24, 2.45) is 34.5 Å². The van der Waals surface area contributed by atoms with Gasteiger partial charge in [0.1, 0.15) is 5.60 Å². The Morgan fingerprint density at radius 2 is 2.21 bits per heavy atom. The van der Waals surface area contributed by atoms with E-state index in [4.69, 9.17) is 4.74 Å². The van der Waals surface area contributed by atoms with E-state index in [-0.39, 0.29) is 23.7 Å². The van der Waals surface area contributed by atoms with E-state index >= 15 is 0 Å². The minimum atomic E-state index is -0.877. The number of carboxylic acid groups (broad SMARTS) is 1. The van der Waals surface area contributed by atoms with Crippen molar-refractivity contribution in [3.05, 3.63) is 24.3 Å². The summed E-state index contributed by atoms with van der Waals surface area (Å²) in [7, 11) is 0. The zero-order valence-corrected chi connectivity index (χ0v) is 13.7. The standard InChI is InChI=1S/C19H22O5/c1-9-7-18-8-10(9)11(20)6-12(18)19-5-3-4-17(2,16(23)24-19)14(19)13(18)15(21)22/h3-4,10-14,20H,1,5-8H2,2H3,(H,21,22). The maximum Gasteiger partial charge on any atom is 0.316 e. The SMILES string of the molecule is C=C1CC23CC1C(O)CC2C12CC=CC(C)(C(=O)O1)C2C3C(=O)O. The maximum absolute atomic E-state index is 12.6. The lowest BCUT2D eigenvalue weighted by Gasteiger charge is -2.44. The van der Waals surface area contributed by atoms with Crippen molar-refractivity contribution in [3.63, 3.8) is 0 Å². The molecule has 2 N–H and O–H groups in total. The molecule has 8 atom stereocenters. The summed E-state index contributed by atoms with van der Waals surface area (Å²) < 4.78 is 5.97. The molecule has 5 nitrogen and oxygen atoms in total. The Morgan fingerprint density at radius 1 is 1.46 bits per heavy atom. The van der Waals surface area contributed by atoms with Gasteiger partial charge in [0, 0.05) is 24.2 Å². The van der Waals surface area contributed by atoms with Crippen LogP contribution in [-0.2, 0) is 14.3 Å². The minimum Gasteiger partial charge on any atom is -0.481 e. The van der Waals surface area contributed by atoms with Gasteiger partial charge in [-0.1, -0.05) is 24.3 Å². The van der Waals surface area contributed by atoms with Crippen molar-refractivity contribution < 1.29 is 24.5 Å². The fourth-order valence-electron chi connectivity index (χ4n) is 7.22. The number of ether oxygens (including phenoxy) is 1. The van der Waals surface area contributed by atoms with E-state index in [9.17, 15) is 19.8 Å². The molecule has 1 heterocycles. The Hall–Kier alpha value is -1.62. The second-order valence-corrected chi connectivity index (χ2v) is 8.76. The summed E-state index contributed by atoms with van der Waals surface area (Å²) >= 11 is 0. The van der Waals surface area contributed by atoms with Crippen LogP contribution in [0.5, 0.6) is 0 Å². The molecular weight excluding hydrogens is 308 g/mol. The molecule has 24 heavy (non-hydrogen) atoms. The molecule has 3 saturated carbocycles. The molecule has 1 spiro atoms. The monoisotopic (exact) mass is 330 g/mol. The van der Waals surface area contributed by atoms with Crippen LogP contribution in [0.3, 0.4) is 0 Å². The van der Waals surface area contributed by atoms with Crippen LogP contribution in [0.2, 0.25) is 0 Å². The highest BCUT2D eigenvalue weighted by Gasteiger charge is 2.81. The molecule has 5 rings (SSSR count). The van der Waals surface area contributed by atoms with E-state index in [2.05, 4.69) is 6.58 Å². The van der Waals surface area contributed by atoms with Gasteiger partial charge in [-0.2, -0.15) is 0 Å². The number of carbonyl (C=O) groups is 2. The van der Waals surface area contributed by atoms with Gasteiger partial charge < -0.3 is 14.9 Å². The van der Waals surface area contributed by atoms with Gasteiger partial charge >= 0.3 is 11.9 Å². The zero-order chi connectivity index (χ0) is 17.1. The first kappa shape index (κ1) is 14.7. The van der Waals surface area contributed by atoms with Crippen LogP contribution in [0.1, 0.15) is 32.6 Å². The Labute approximate surface area is 140 Å². The molecule has 8 unspecified atom stereocenters. The van der Waals surface area contributed by atoms with Crippen LogP contribution in [0, 0.1) is 34.5 Å². The summed E-state index contributed by atoms with van der Waals surface area (Å²) in [6, 6.07) is 0. The third-order valence-electron chi connectivity index (χ3n) is 7.92. The summed E-state index contributed by atoms with van der Waals surface area (Å²) in [5.74, 6) is -2.26. The first-order chi connectivity index (χ1) is 11.3. The van der Waals surface area contributed by atoms with Gasteiger partial charge in [0.25, 0.3) is 0 Å². The second-order valence-electron chi connectivity index (χ2n) is 8.76. The van der Waals surface area contributed by atoms with E-state index in [1.165, 1.54) is 0 Å². The van der Waals surface area contributed by atoms with Gasteiger partial charge in [0.15, 0.2) is 0 Å². The highest BCUT2D eigenvalue weighted by molar-refractivity contribution is 5.86. The summed E-state index contributed by atoms with van der Waals surface area (Å²) in [6.07, 6.45) is 5.65. The number of carboxylic acids is 1. The topological polar surface area (TPSA) is 83.8 Å². The van der Waals surface area contributed by atoms with E-state index < -0.39 is 34.4 Å². The van der Waals surface area contributed by atoms with E-state index in [0.717, 1.165) is 5.57 Å². The number of carbonyl (C=O) groups excluding carboxylic acids is 1. The molecule has 5 heteroatoms. The van der Waals surface area contributed by atoms with Crippen LogP contribution in [0.25, 0.3) is 0 Å². The first-order valence-corrected chi connectivity index (χ1v) is 8.76. The minimum absolute atomic E-state index is 0.0188. The number of hydrogen-bond acceptors (Lipinski definition) is 4. The number of aliphatic hydroxyl groups is 1. The normalized spacial score (nSPS) is 56.8. The number of fused-ring (bicyclic) bond motifs is 1. The molecule has 0 aromatic rings. The van der Waals surface area contributed by atoms with Crippen molar-refractivity contribution in [3.8, 4) is 0 Å². The van der Waals surface area contributed by atoms with Crippen molar-refractivity contribution in [2.45, 2.75) is 44.3 Å². The lowest BCUT2D eigenvalue weighted by Crippen LogP contribution is -2.47.